The number of rotatable bonds is 2. The van der Waals surface area contributed by atoms with Gasteiger partial charge in [-0.3, -0.25) is 0 Å². The lowest BCUT2D eigenvalue weighted by Crippen LogP contribution is -1.87. The van der Waals surface area contributed by atoms with Crippen LogP contribution in [0.1, 0.15) is 6.92 Å². The minimum atomic E-state index is 0.701. The average Bonchev–Trinajstić information content (AvgIpc) is 2.50. The number of aromatic nitrogens is 1. The van der Waals surface area contributed by atoms with E-state index in [1.807, 2.05) is 31.2 Å². The highest BCUT2D eigenvalue weighted by molar-refractivity contribution is 7.09. The van der Waals surface area contributed by atoms with Gasteiger partial charge in [0.15, 0.2) is 0 Å². The molecule has 62 valence electrons. The second-order valence-corrected chi connectivity index (χ2v) is 3.16. The van der Waals surface area contributed by atoms with Crippen LogP contribution in [0.2, 0.25) is 0 Å². The molecule has 0 unspecified atom stereocenters. The van der Waals surface area contributed by atoms with Gasteiger partial charge in [-0.15, -0.1) is 0 Å². The Hall–Kier alpha value is -1.09. The summed E-state index contributed by atoms with van der Waals surface area (Å²) in [5, 5.41) is 2.04. The number of hydrogen-bond donors (Lipinski definition) is 0. The molecular weight excluding hydrogens is 170 g/mol. The molecule has 0 fully saturated rings. The van der Waals surface area contributed by atoms with E-state index in [-0.39, 0.29) is 0 Å². The number of ether oxygens (including phenoxy) is 1. The van der Waals surface area contributed by atoms with E-state index in [4.69, 9.17) is 4.74 Å². The number of nitrogens with zero attached hydrogens (tertiary/aromatic N) is 1. The number of hydrogen-bond acceptors (Lipinski definition) is 3. The van der Waals surface area contributed by atoms with Crippen LogP contribution in [0.4, 0.5) is 0 Å². The molecule has 0 amide bonds. The van der Waals surface area contributed by atoms with Crippen LogP contribution < -0.4 is 4.74 Å². The van der Waals surface area contributed by atoms with Crippen LogP contribution in [0.3, 0.4) is 0 Å². The Kier molecular flexibility index (Phi) is 1.96. The minimum absolute atomic E-state index is 0.701. The van der Waals surface area contributed by atoms with Gasteiger partial charge in [-0.2, -0.15) is 4.37 Å². The second kappa shape index (κ2) is 3.11. The molecule has 1 aromatic carbocycles. The Labute approximate surface area is 75.0 Å². The first kappa shape index (κ1) is 7.55. The third-order valence-corrected chi connectivity index (χ3v) is 2.42. The van der Waals surface area contributed by atoms with E-state index in [9.17, 15) is 0 Å². The van der Waals surface area contributed by atoms with E-state index in [2.05, 4.69) is 4.37 Å². The van der Waals surface area contributed by atoms with Gasteiger partial charge in [-0.05, 0) is 19.1 Å². The molecule has 0 aliphatic carbocycles. The smallest absolute Gasteiger partial charge is 0.201 e. The van der Waals surface area contributed by atoms with Crippen molar-refractivity contribution in [2.24, 2.45) is 0 Å². The van der Waals surface area contributed by atoms with E-state index in [1.165, 1.54) is 11.5 Å². The van der Waals surface area contributed by atoms with Gasteiger partial charge in [0.2, 0.25) is 5.06 Å². The molecule has 12 heavy (non-hydrogen) atoms. The van der Waals surface area contributed by atoms with Crippen molar-refractivity contribution in [1.82, 2.24) is 4.37 Å². The van der Waals surface area contributed by atoms with Gasteiger partial charge in [0, 0.05) is 11.5 Å². The van der Waals surface area contributed by atoms with Crippen molar-refractivity contribution >= 4 is 22.4 Å². The lowest BCUT2D eigenvalue weighted by molar-refractivity contribution is 0.354. The molecule has 0 saturated carbocycles. The Bertz CT molecular complexity index is 383. The van der Waals surface area contributed by atoms with Crippen LogP contribution in [-0.2, 0) is 0 Å². The van der Waals surface area contributed by atoms with Crippen molar-refractivity contribution in [3.05, 3.63) is 24.3 Å². The molecule has 0 aliphatic rings. The van der Waals surface area contributed by atoms with Crippen LogP contribution in [0.15, 0.2) is 24.3 Å². The van der Waals surface area contributed by atoms with E-state index >= 15 is 0 Å². The molecule has 3 heteroatoms. The quantitative estimate of drug-likeness (QED) is 0.707. The summed E-state index contributed by atoms with van der Waals surface area (Å²) in [6.07, 6.45) is 0. The third-order valence-electron chi connectivity index (χ3n) is 1.63. The summed E-state index contributed by atoms with van der Waals surface area (Å²) in [5.41, 5.74) is 1.02. The van der Waals surface area contributed by atoms with Crippen LogP contribution in [0.5, 0.6) is 5.06 Å². The first-order valence-electron chi connectivity index (χ1n) is 3.89. The van der Waals surface area contributed by atoms with E-state index in [0.29, 0.717) is 6.61 Å². The van der Waals surface area contributed by atoms with Crippen LogP contribution in [-0.4, -0.2) is 11.0 Å². The Balaban J connectivity index is 2.55. The highest BCUT2D eigenvalue weighted by atomic mass is 32.1. The van der Waals surface area contributed by atoms with Crippen molar-refractivity contribution in [1.29, 1.82) is 0 Å². The van der Waals surface area contributed by atoms with Crippen molar-refractivity contribution < 1.29 is 4.74 Å². The molecule has 2 rings (SSSR count). The molecule has 2 nitrogen and oxygen atoms in total. The second-order valence-electron chi connectivity index (χ2n) is 2.42. The van der Waals surface area contributed by atoms with Crippen molar-refractivity contribution in [3.8, 4) is 5.06 Å². The first-order chi connectivity index (χ1) is 5.92. The fraction of sp³-hybridized carbons (Fsp3) is 0.222. The molecule has 0 N–H and O–H groups in total. The van der Waals surface area contributed by atoms with Crippen LogP contribution in [0, 0.1) is 0 Å². The number of benzene rings is 1. The topological polar surface area (TPSA) is 22.1 Å². The SMILES string of the molecule is CCOc1snc2ccccc12. The van der Waals surface area contributed by atoms with Crippen molar-refractivity contribution in [2.45, 2.75) is 6.92 Å². The van der Waals surface area contributed by atoms with Gasteiger partial charge in [0.25, 0.3) is 0 Å². The van der Waals surface area contributed by atoms with E-state index < -0.39 is 0 Å². The fourth-order valence-electron chi connectivity index (χ4n) is 1.10. The zero-order valence-electron chi connectivity index (χ0n) is 6.78. The Morgan fingerprint density at radius 1 is 1.42 bits per heavy atom. The molecule has 0 atom stereocenters. The molecule has 0 bridgehead atoms. The predicted octanol–water partition coefficient (Wildman–Crippen LogP) is 2.70. The predicted molar refractivity (Wildman–Crippen MR) is 50.8 cm³/mol. The van der Waals surface area contributed by atoms with E-state index in [1.54, 1.807) is 0 Å². The largest absolute Gasteiger partial charge is 0.483 e. The average molecular weight is 179 g/mol. The summed E-state index contributed by atoms with van der Waals surface area (Å²) in [4.78, 5) is 0. The number of fused-ring (bicyclic) bond motifs is 1. The molecular formula is C9H9NOS. The summed E-state index contributed by atoms with van der Waals surface area (Å²) in [5.74, 6) is 0. The zero-order valence-corrected chi connectivity index (χ0v) is 7.60. The highest BCUT2D eigenvalue weighted by Crippen LogP contribution is 2.29. The molecule has 0 radical (unpaired) electrons. The van der Waals surface area contributed by atoms with E-state index in [0.717, 1.165) is 16.0 Å². The van der Waals surface area contributed by atoms with Crippen LogP contribution >= 0.6 is 11.5 Å². The Morgan fingerprint density at radius 3 is 3.08 bits per heavy atom. The van der Waals surface area contributed by atoms with Gasteiger partial charge in [-0.25, -0.2) is 0 Å². The van der Waals surface area contributed by atoms with Gasteiger partial charge < -0.3 is 4.74 Å². The molecule has 2 aromatic rings. The lowest BCUT2D eigenvalue weighted by atomic mass is 10.3. The molecule has 1 aromatic heterocycles. The molecule has 0 saturated heterocycles. The maximum Gasteiger partial charge on any atom is 0.201 e. The van der Waals surface area contributed by atoms with Crippen LogP contribution in [0.25, 0.3) is 10.9 Å². The minimum Gasteiger partial charge on any atom is -0.483 e. The first-order valence-corrected chi connectivity index (χ1v) is 4.66. The van der Waals surface area contributed by atoms with Gasteiger partial charge in [0.05, 0.1) is 17.5 Å². The van der Waals surface area contributed by atoms with Crippen molar-refractivity contribution in [2.75, 3.05) is 6.61 Å². The van der Waals surface area contributed by atoms with Crippen molar-refractivity contribution in [3.63, 3.8) is 0 Å². The molecule has 1 heterocycles. The summed E-state index contributed by atoms with van der Waals surface area (Å²) >= 11 is 1.42. The molecule has 0 spiro atoms. The maximum absolute atomic E-state index is 5.42. The maximum atomic E-state index is 5.42. The van der Waals surface area contributed by atoms with Gasteiger partial charge in [0.1, 0.15) is 0 Å². The fourth-order valence-corrected chi connectivity index (χ4v) is 1.88. The monoisotopic (exact) mass is 179 g/mol. The van der Waals surface area contributed by atoms with Gasteiger partial charge >= 0.3 is 0 Å². The Morgan fingerprint density at radius 2 is 2.25 bits per heavy atom. The normalized spacial score (nSPS) is 10.4. The summed E-state index contributed by atoms with van der Waals surface area (Å²) < 4.78 is 9.67. The summed E-state index contributed by atoms with van der Waals surface area (Å²) in [6.45, 7) is 2.68. The highest BCUT2D eigenvalue weighted by Gasteiger charge is 2.03. The molecule has 0 aliphatic heterocycles. The third kappa shape index (κ3) is 1.16. The van der Waals surface area contributed by atoms with Gasteiger partial charge in [-0.1, -0.05) is 12.1 Å². The lowest BCUT2D eigenvalue weighted by Gasteiger charge is -1.96. The standard InChI is InChI=1S/C9H9NOS/c1-2-11-9-7-5-3-4-6-8(7)10-12-9/h3-6H,2H2,1H3. The summed E-state index contributed by atoms with van der Waals surface area (Å²) in [6, 6.07) is 8.01. The zero-order chi connectivity index (χ0) is 8.39. The summed E-state index contributed by atoms with van der Waals surface area (Å²) in [7, 11) is 0.